The fourth-order valence-electron chi connectivity index (χ4n) is 2.81. The molecule has 1 N–H and O–H groups in total. The van der Waals surface area contributed by atoms with Crippen molar-refractivity contribution >= 4 is 22.6 Å². The molecule has 0 bridgehead atoms. The third-order valence-electron chi connectivity index (χ3n) is 7.54. The third kappa shape index (κ3) is 10.2. The number of rotatable bonds is 13. The zero-order valence-electron chi connectivity index (χ0n) is 23.2. The molecule has 32 heavy (non-hydrogen) atoms. The van der Waals surface area contributed by atoms with Crippen LogP contribution in [0.3, 0.4) is 0 Å². The predicted octanol–water partition coefficient (Wildman–Crippen LogP) is 7.25. The predicted molar refractivity (Wildman–Crippen MR) is 140 cm³/mol. The first-order valence-corrected chi connectivity index (χ1v) is 17.8. The maximum Gasteiger partial charge on any atom is 0.306 e. The van der Waals surface area contributed by atoms with E-state index in [1.807, 2.05) is 0 Å². The Kier molecular flexibility index (Phi) is 12.1. The molecule has 0 unspecified atom stereocenters. The fraction of sp³-hybridized carbons (Fsp3) is 0.880. The van der Waals surface area contributed by atoms with Crippen LogP contribution in [0.4, 0.5) is 0 Å². The van der Waals surface area contributed by atoms with E-state index >= 15 is 0 Å². The standard InChI is InChI=1S/C25H52O5Si2/c1-19(16-17-29-31(10,11)24(3,4)5)22(28-9)18-21(15-14-20(2)23(26)27)30-32(12,13)25(6,7)8/h16,20-22H,14-15,17-18H2,1-13H3,(H,26,27)/b19-16+/t20-,21+,22+/m1/s1. The monoisotopic (exact) mass is 488 g/mol. The molecule has 190 valence electrons. The van der Waals surface area contributed by atoms with Gasteiger partial charge in [-0.15, -0.1) is 0 Å². The van der Waals surface area contributed by atoms with Crippen LogP contribution in [-0.4, -0.2) is 53.6 Å². The van der Waals surface area contributed by atoms with Gasteiger partial charge < -0.3 is 18.7 Å². The number of aliphatic carboxylic acids is 1. The topological polar surface area (TPSA) is 65.0 Å². The van der Waals surface area contributed by atoms with Crippen LogP contribution in [0.15, 0.2) is 11.6 Å². The van der Waals surface area contributed by atoms with Gasteiger partial charge in [0, 0.05) is 19.6 Å². The number of hydrogen-bond acceptors (Lipinski definition) is 4. The summed E-state index contributed by atoms with van der Waals surface area (Å²) in [6.45, 7) is 26.9. The molecule has 0 aromatic heterocycles. The van der Waals surface area contributed by atoms with Crippen LogP contribution in [0.5, 0.6) is 0 Å². The van der Waals surface area contributed by atoms with Gasteiger partial charge >= 0.3 is 5.97 Å². The summed E-state index contributed by atoms with van der Waals surface area (Å²) in [6.07, 6.45) is 4.06. The number of carboxylic acid groups (broad SMARTS) is 1. The van der Waals surface area contributed by atoms with Gasteiger partial charge in [-0.1, -0.05) is 54.5 Å². The smallest absolute Gasteiger partial charge is 0.306 e. The Hall–Kier alpha value is -0.476. The molecule has 0 amide bonds. The Balaban J connectivity index is 5.42. The van der Waals surface area contributed by atoms with E-state index in [0.29, 0.717) is 19.4 Å². The minimum absolute atomic E-state index is 0.0349. The molecular formula is C25H52O5Si2. The average molecular weight is 489 g/mol. The van der Waals surface area contributed by atoms with Crippen LogP contribution in [0.1, 0.15) is 74.7 Å². The summed E-state index contributed by atoms with van der Waals surface area (Å²) in [7, 11) is -2.06. The van der Waals surface area contributed by atoms with Crippen LogP contribution in [-0.2, 0) is 18.4 Å². The lowest BCUT2D eigenvalue weighted by molar-refractivity contribution is -0.141. The van der Waals surface area contributed by atoms with E-state index in [1.54, 1.807) is 14.0 Å². The zero-order valence-corrected chi connectivity index (χ0v) is 25.2. The van der Waals surface area contributed by atoms with Gasteiger partial charge in [-0.2, -0.15) is 0 Å². The highest BCUT2D eigenvalue weighted by Crippen LogP contribution is 2.39. The van der Waals surface area contributed by atoms with E-state index in [9.17, 15) is 9.90 Å². The lowest BCUT2D eigenvalue weighted by atomic mass is 9.97. The summed E-state index contributed by atoms with van der Waals surface area (Å²) in [5, 5.41) is 9.59. The van der Waals surface area contributed by atoms with Crippen molar-refractivity contribution < 1.29 is 23.5 Å². The summed E-state index contributed by atoms with van der Waals surface area (Å²) in [6, 6.07) is 0. The number of hydrogen-bond donors (Lipinski definition) is 1. The van der Waals surface area contributed by atoms with E-state index in [2.05, 4.69) is 80.7 Å². The van der Waals surface area contributed by atoms with Crippen molar-refractivity contribution in [1.29, 1.82) is 0 Å². The molecule has 3 atom stereocenters. The first-order valence-electron chi connectivity index (χ1n) is 12.0. The van der Waals surface area contributed by atoms with Crippen molar-refractivity contribution in [1.82, 2.24) is 0 Å². The third-order valence-corrected chi connectivity index (χ3v) is 16.6. The van der Waals surface area contributed by atoms with Gasteiger partial charge in [-0.05, 0) is 61.6 Å². The molecule has 0 aliphatic heterocycles. The molecule has 0 aromatic rings. The van der Waals surface area contributed by atoms with Gasteiger partial charge in [0.05, 0.1) is 18.6 Å². The molecule has 0 saturated carbocycles. The van der Waals surface area contributed by atoms with E-state index < -0.39 is 22.6 Å². The second-order valence-corrected chi connectivity index (χ2v) is 21.9. The zero-order chi connectivity index (χ0) is 25.5. The molecule has 0 radical (unpaired) electrons. The first-order chi connectivity index (χ1) is 14.2. The summed E-state index contributed by atoms with van der Waals surface area (Å²) >= 11 is 0. The fourth-order valence-corrected chi connectivity index (χ4v) is 5.15. The maximum absolute atomic E-state index is 11.3. The normalized spacial score (nSPS) is 17.2. The van der Waals surface area contributed by atoms with E-state index in [0.717, 1.165) is 12.0 Å². The Bertz CT molecular complexity index is 615. The van der Waals surface area contributed by atoms with Gasteiger partial charge in [0.1, 0.15) is 0 Å². The summed E-state index contributed by atoms with van der Waals surface area (Å²) in [5.74, 6) is -1.13. The molecule has 0 heterocycles. The lowest BCUT2D eigenvalue weighted by Crippen LogP contribution is -2.45. The van der Waals surface area contributed by atoms with Crippen molar-refractivity contribution in [3.63, 3.8) is 0 Å². The Labute approximate surface area is 200 Å². The average Bonchev–Trinajstić information content (AvgIpc) is 2.60. The van der Waals surface area contributed by atoms with E-state index in [-0.39, 0.29) is 28.2 Å². The number of methoxy groups -OCH3 is 1. The molecule has 0 aliphatic rings. The largest absolute Gasteiger partial charge is 0.481 e. The molecule has 0 spiro atoms. The quantitative estimate of drug-likeness (QED) is 0.218. The molecule has 0 aromatic carbocycles. The molecule has 0 saturated heterocycles. The summed E-state index contributed by atoms with van der Waals surface area (Å²) in [5.41, 5.74) is 1.14. The minimum Gasteiger partial charge on any atom is -0.481 e. The molecular weight excluding hydrogens is 436 g/mol. The van der Waals surface area contributed by atoms with Gasteiger partial charge in [0.2, 0.25) is 0 Å². The Morgan fingerprint density at radius 1 is 0.969 bits per heavy atom. The molecule has 0 fully saturated rings. The van der Waals surface area contributed by atoms with Crippen LogP contribution in [0.25, 0.3) is 0 Å². The molecule has 7 heteroatoms. The van der Waals surface area contributed by atoms with Crippen LogP contribution < -0.4 is 0 Å². The summed E-state index contributed by atoms with van der Waals surface area (Å²) in [4.78, 5) is 11.3. The van der Waals surface area contributed by atoms with Crippen molar-refractivity contribution in [2.45, 2.75) is 123 Å². The first kappa shape index (κ1) is 31.5. The van der Waals surface area contributed by atoms with E-state index in [1.165, 1.54) is 0 Å². The van der Waals surface area contributed by atoms with Crippen molar-refractivity contribution in [3.8, 4) is 0 Å². The molecule has 0 aliphatic carbocycles. The van der Waals surface area contributed by atoms with Crippen molar-refractivity contribution in [2.24, 2.45) is 5.92 Å². The number of ether oxygens (including phenoxy) is 1. The highest BCUT2D eigenvalue weighted by atomic mass is 28.4. The lowest BCUT2D eigenvalue weighted by Gasteiger charge is -2.40. The Morgan fingerprint density at radius 3 is 1.88 bits per heavy atom. The summed E-state index contributed by atoms with van der Waals surface area (Å²) < 4.78 is 18.9. The van der Waals surface area contributed by atoms with Gasteiger partial charge in [-0.3, -0.25) is 4.79 Å². The molecule has 5 nitrogen and oxygen atoms in total. The SMILES string of the molecule is CO[C@@H](C[C@H](CC[C@@H](C)C(=O)O)O[Si](C)(C)C(C)(C)C)/C(C)=C/CO[Si](C)(C)C(C)(C)C. The maximum atomic E-state index is 11.3. The van der Waals surface area contributed by atoms with Gasteiger partial charge in [0.15, 0.2) is 16.6 Å². The van der Waals surface area contributed by atoms with Crippen LogP contribution >= 0.6 is 0 Å². The Morgan fingerprint density at radius 2 is 1.47 bits per heavy atom. The second-order valence-electron chi connectivity index (χ2n) is 12.3. The van der Waals surface area contributed by atoms with Gasteiger partial charge in [-0.25, -0.2) is 0 Å². The van der Waals surface area contributed by atoms with Crippen molar-refractivity contribution in [3.05, 3.63) is 11.6 Å². The highest BCUT2D eigenvalue weighted by molar-refractivity contribution is 6.74. The number of carbonyl (C=O) groups is 1. The van der Waals surface area contributed by atoms with Gasteiger partial charge in [0.25, 0.3) is 0 Å². The van der Waals surface area contributed by atoms with Crippen LogP contribution in [0.2, 0.25) is 36.3 Å². The van der Waals surface area contributed by atoms with Crippen molar-refractivity contribution in [2.75, 3.05) is 13.7 Å². The second kappa shape index (κ2) is 12.3. The minimum atomic E-state index is -1.99. The number of carboxylic acids is 1. The van der Waals surface area contributed by atoms with E-state index in [4.69, 9.17) is 13.6 Å². The highest BCUT2D eigenvalue weighted by Gasteiger charge is 2.40. The van der Waals surface area contributed by atoms with Crippen LogP contribution in [0, 0.1) is 5.92 Å². The molecule has 0 rings (SSSR count).